The van der Waals surface area contributed by atoms with Crippen molar-refractivity contribution in [3.63, 3.8) is 0 Å². The summed E-state index contributed by atoms with van der Waals surface area (Å²) in [5.74, 6) is -0.448. The van der Waals surface area contributed by atoms with Crippen LogP contribution < -0.4 is 26.0 Å². The van der Waals surface area contributed by atoms with Crippen LogP contribution in [0.25, 0.3) is 6.08 Å². The average Bonchev–Trinajstić information content (AvgIpc) is 2.82. The highest BCUT2D eigenvalue weighted by atomic mass is 16.5. The van der Waals surface area contributed by atoms with Gasteiger partial charge in [-0.1, -0.05) is 46.6 Å². The molecule has 8 nitrogen and oxygen atoms in total. The summed E-state index contributed by atoms with van der Waals surface area (Å²) >= 11 is 0. The quantitative estimate of drug-likeness (QED) is 0.521. The minimum absolute atomic E-state index is 0.0797. The van der Waals surface area contributed by atoms with Gasteiger partial charge in [0.25, 0.3) is 0 Å². The number of hydrogen-bond acceptors (Lipinski definition) is 5. The molecule has 1 aromatic rings. The lowest BCUT2D eigenvalue weighted by molar-refractivity contribution is -0.134. The number of methoxy groups -OCH3 is 1. The third kappa shape index (κ3) is 6.81. The molecule has 1 aliphatic rings. The number of amides is 3. The number of carbonyl (C=O) groups excluding carboxylic acids is 3. The highest BCUT2D eigenvalue weighted by Gasteiger charge is 2.33. The first-order chi connectivity index (χ1) is 15.7. The van der Waals surface area contributed by atoms with Crippen LogP contribution in [0.15, 0.2) is 24.4 Å². The molecule has 1 heterocycles. The predicted molar refractivity (Wildman–Crippen MR) is 129 cm³/mol. The molecule has 33 heavy (non-hydrogen) atoms. The fourth-order valence-corrected chi connectivity index (χ4v) is 3.82. The lowest BCUT2D eigenvalue weighted by atomic mass is 9.94. The molecule has 4 N–H and O–H groups in total. The van der Waals surface area contributed by atoms with Crippen molar-refractivity contribution in [1.29, 1.82) is 0 Å². The van der Waals surface area contributed by atoms with Gasteiger partial charge in [-0.2, -0.15) is 0 Å². The Morgan fingerprint density at radius 2 is 1.61 bits per heavy atom. The van der Waals surface area contributed by atoms with Crippen LogP contribution in [0.2, 0.25) is 0 Å². The second-order valence-corrected chi connectivity index (χ2v) is 8.70. The number of carbonyl (C=O) groups is 3. The van der Waals surface area contributed by atoms with Gasteiger partial charge < -0.3 is 26.0 Å². The second kappa shape index (κ2) is 12.4. The van der Waals surface area contributed by atoms with Gasteiger partial charge in [-0.3, -0.25) is 14.4 Å². The van der Waals surface area contributed by atoms with Gasteiger partial charge in [-0.15, -0.1) is 0 Å². The van der Waals surface area contributed by atoms with Gasteiger partial charge in [0.05, 0.1) is 13.2 Å². The largest absolute Gasteiger partial charge is 0.496 e. The van der Waals surface area contributed by atoms with Crippen LogP contribution in [0, 0.1) is 11.8 Å². The number of hydrogen-bond donors (Lipinski definition) is 4. The number of rotatable bonds is 6. The number of ether oxygens (including phenoxy) is 1. The van der Waals surface area contributed by atoms with Crippen molar-refractivity contribution in [2.24, 2.45) is 11.8 Å². The Morgan fingerprint density at radius 3 is 2.18 bits per heavy atom. The summed E-state index contributed by atoms with van der Waals surface area (Å²) in [6, 6.07) is 3.62. The molecular formula is C25H38N4O4. The van der Waals surface area contributed by atoms with Crippen LogP contribution in [0.4, 0.5) is 0 Å². The minimum Gasteiger partial charge on any atom is -0.496 e. The van der Waals surface area contributed by atoms with Crippen molar-refractivity contribution < 1.29 is 19.1 Å². The van der Waals surface area contributed by atoms with Crippen LogP contribution in [-0.2, 0) is 20.8 Å². The van der Waals surface area contributed by atoms with Crippen molar-refractivity contribution in [3.05, 3.63) is 35.5 Å². The molecule has 5 unspecified atom stereocenters. The Hall–Kier alpha value is -2.87. The summed E-state index contributed by atoms with van der Waals surface area (Å²) < 4.78 is 5.49. The summed E-state index contributed by atoms with van der Waals surface area (Å²) in [4.78, 5) is 39.4. The number of likely N-dealkylation sites (N-methyl/N-ethyl adjacent to an activating group) is 1. The number of fused-ring (bicyclic) bond motifs is 2. The van der Waals surface area contributed by atoms with E-state index >= 15 is 0 Å². The summed E-state index contributed by atoms with van der Waals surface area (Å²) in [6.07, 6.45) is 5.16. The number of nitrogens with one attached hydrogen (secondary N) is 4. The fraction of sp³-hybridized carbons (Fsp3) is 0.560. The van der Waals surface area contributed by atoms with Gasteiger partial charge in [0, 0.05) is 12.6 Å². The van der Waals surface area contributed by atoms with Crippen molar-refractivity contribution in [3.8, 4) is 5.75 Å². The molecule has 0 saturated heterocycles. The third-order valence-electron chi connectivity index (χ3n) is 6.48. The van der Waals surface area contributed by atoms with Crippen LogP contribution >= 0.6 is 0 Å². The van der Waals surface area contributed by atoms with Crippen LogP contribution in [0.1, 0.15) is 51.7 Å². The normalized spacial score (nSPS) is 23.9. The van der Waals surface area contributed by atoms with E-state index in [4.69, 9.17) is 4.74 Å². The van der Waals surface area contributed by atoms with Crippen LogP contribution in [0.3, 0.4) is 0 Å². The van der Waals surface area contributed by atoms with Crippen molar-refractivity contribution >= 4 is 23.8 Å². The first-order valence-electron chi connectivity index (χ1n) is 11.7. The molecule has 1 aromatic carbocycles. The standard InChI is InChI=1S/C25H38N4O4/c1-7-15(3)21-24(31)27-12-11-17-9-10-20(33-6)18(13-17)14-19(26-5)23(30)28-22(16(4)8-2)25(32)29-21/h9-13,15-16,19,21-22,26H,7-8,14H2,1-6H3,(H,27,31)(H,28,30)(H,29,32). The van der Waals surface area contributed by atoms with Crippen LogP contribution in [0.5, 0.6) is 5.75 Å². The maximum Gasteiger partial charge on any atom is 0.246 e. The van der Waals surface area contributed by atoms with Gasteiger partial charge in [0.2, 0.25) is 17.7 Å². The molecule has 182 valence electrons. The Labute approximate surface area is 196 Å². The van der Waals surface area contributed by atoms with E-state index in [9.17, 15) is 14.4 Å². The Balaban J connectivity index is 2.52. The summed E-state index contributed by atoms with van der Waals surface area (Å²) in [5.41, 5.74) is 1.70. The van der Waals surface area contributed by atoms with Gasteiger partial charge in [-0.25, -0.2) is 0 Å². The Morgan fingerprint density at radius 1 is 1.00 bits per heavy atom. The monoisotopic (exact) mass is 458 g/mol. The fourth-order valence-electron chi connectivity index (χ4n) is 3.82. The lowest BCUT2D eigenvalue weighted by Crippen LogP contribution is -2.59. The molecule has 0 aliphatic carbocycles. The zero-order valence-corrected chi connectivity index (χ0v) is 20.5. The minimum atomic E-state index is -0.758. The Bertz CT molecular complexity index is 870. The number of benzene rings is 1. The maximum atomic E-state index is 13.3. The lowest BCUT2D eigenvalue weighted by Gasteiger charge is -2.29. The summed E-state index contributed by atoms with van der Waals surface area (Å²) in [5, 5.41) is 11.7. The molecule has 0 aromatic heterocycles. The highest BCUT2D eigenvalue weighted by Crippen LogP contribution is 2.23. The molecule has 2 rings (SSSR count). The molecule has 0 spiro atoms. The molecular weight excluding hydrogens is 420 g/mol. The molecule has 2 bridgehead atoms. The van der Waals surface area contributed by atoms with Crippen molar-refractivity contribution in [2.75, 3.05) is 14.2 Å². The molecule has 3 amide bonds. The van der Waals surface area contributed by atoms with Gasteiger partial charge in [0.15, 0.2) is 0 Å². The van der Waals surface area contributed by atoms with E-state index in [1.165, 1.54) is 0 Å². The first kappa shape index (κ1) is 26.4. The van der Waals surface area contributed by atoms with E-state index in [1.807, 2.05) is 45.9 Å². The van der Waals surface area contributed by atoms with Crippen LogP contribution in [-0.4, -0.2) is 50.0 Å². The summed E-state index contributed by atoms with van der Waals surface area (Å²) in [6.45, 7) is 7.78. The van der Waals surface area contributed by atoms with Gasteiger partial charge in [-0.05, 0) is 48.2 Å². The highest BCUT2D eigenvalue weighted by molar-refractivity contribution is 5.93. The van der Waals surface area contributed by atoms with Crippen molar-refractivity contribution in [1.82, 2.24) is 21.3 Å². The first-order valence-corrected chi connectivity index (χ1v) is 11.7. The Kier molecular flexibility index (Phi) is 9.91. The molecule has 8 heteroatoms. The predicted octanol–water partition coefficient (Wildman–Crippen LogP) is 1.99. The van der Waals surface area contributed by atoms with E-state index in [1.54, 1.807) is 26.4 Å². The van der Waals surface area contributed by atoms with Gasteiger partial charge in [0.1, 0.15) is 17.8 Å². The molecule has 0 fully saturated rings. The zero-order chi connectivity index (χ0) is 24.5. The van der Waals surface area contributed by atoms with Crippen molar-refractivity contribution in [2.45, 2.75) is 65.1 Å². The maximum absolute atomic E-state index is 13.3. The smallest absolute Gasteiger partial charge is 0.246 e. The van der Waals surface area contributed by atoms with E-state index in [0.29, 0.717) is 25.0 Å². The topological polar surface area (TPSA) is 109 Å². The second-order valence-electron chi connectivity index (χ2n) is 8.70. The molecule has 0 saturated carbocycles. The molecule has 0 radical (unpaired) electrons. The summed E-state index contributed by atoms with van der Waals surface area (Å²) in [7, 11) is 3.30. The molecule has 1 aliphatic heterocycles. The zero-order valence-electron chi connectivity index (χ0n) is 20.5. The van der Waals surface area contributed by atoms with E-state index < -0.39 is 18.1 Å². The average molecular weight is 459 g/mol. The van der Waals surface area contributed by atoms with E-state index in [0.717, 1.165) is 11.1 Å². The SMILES string of the molecule is CCC(C)C1NC(=O)C(NC)Cc2cc(ccc2OC)C=CNC(=O)C(C(C)CC)NC1=O. The van der Waals surface area contributed by atoms with Gasteiger partial charge >= 0.3 is 0 Å². The molecule has 5 atom stereocenters. The van der Waals surface area contributed by atoms with E-state index in [2.05, 4.69) is 21.3 Å². The van der Waals surface area contributed by atoms with E-state index in [-0.39, 0.29) is 29.6 Å². The third-order valence-corrected chi connectivity index (χ3v) is 6.48.